The number of piperidine rings is 1. The number of hydrogen-bond acceptors (Lipinski definition) is 8. The highest BCUT2D eigenvalue weighted by atomic mass is 32.2. The van der Waals surface area contributed by atoms with Crippen molar-refractivity contribution in [3.63, 3.8) is 0 Å². The lowest BCUT2D eigenvalue weighted by Crippen LogP contribution is -2.38. The number of rotatable bonds is 9. The standard InChI is InChI=1S/C26H27N5O4S2/c1-3-13-36-25-18(5-4-10-28-25)26(34)31-11-8-16(9-12-31)24-30-20(15-37-24)23(33)29-19-14-17(22(27)32)6-7-21(19)35-2/h3-7,10,14-16H,1,8-9,11-13H2,2H3,(H2,27,32)(H,29,33). The zero-order chi connectivity index (χ0) is 26.4. The van der Waals surface area contributed by atoms with E-state index in [1.165, 1.54) is 42.3 Å². The average Bonchev–Trinajstić information content (AvgIpc) is 3.42. The first-order valence-corrected chi connectivity index (χ1v) is 13.5. The van der Waals surface area contributed by atoms with E-state index in [1.807, 2.05) is 11.0 Å². The summed E-state index contributed by atoms with van der Waals surface area (Å²) in [5, 5.41) is 6.04. The summed E-state index contributed by atoms with van der Waals surface area (Å²) >= 11 is 2.92. The summed E-state index contributed by atoms with van der Waals surface area (Å²) in [6.07, 6.45) is 4.99. The van der Waals surface area contributed by atoms with Crippen molar-refractivity contribution in [3.05, 3.63) is 76.4 Å². The monoisotopic (exact) mass is 537 g/mol. The maximum absolute atomic E-state index is 13.2. The molecule has 11 heteroatoms. The molecule has 192 valence electrons. The molecule has 0 aliphatic carbocycles. The average molecular weight is 538 g/mol. The SMILES string of the molecule is C=CCSc1ncccc1C(=O)N1CCC(c2nc(C(=O)Nc3cc(C(N)=O)ccc3OC)cs2)CC1. The van der Waals surface area contributed by atoms with Crippen LogP contribution in [0.25, 0.3) is 0 Å². The maximum Gasteiger partial charge on any atom is 0.275 e. The van der Waals surface area contributed by atoms with Gasteiger partial charge in [0.15, 0.2) is 0 Å². The number of nitrogens with one attached hydrogen (secondary N) is 1. The fourth-order valence-electron chi connectivity index (χ4n) is 4.03. The normalized spacial score (nSPS) is 13.7. The van der Waals surface area contributed by atoms with E-state index in [0.717, 1.165) is 17.8 Å². The Balaban J connectivity index is 1.39. The van der Waals surface area contributed by atoms with Crippen molar-refractivity contribution < 1.29 is 19.1 Å². The third kappa shape index (κ3) is 6.17. The number of thiazole rings is 1. The summed E-state index contributed by atoms with van der Waals surface area (Å²) in [7, 11) is 1.47. The molecule has 1 aliphatic rings. The van der Waals surface area contributed by atoms with Crippen LogP contribution in [0.15, 0.2) is 59.6 Å². The molecule has 3 heterocycles. The summed E-state index contributed by atoms with van der Waals surface area (Å²) in [4.78, 5) is 48.3. The van der Waals surface area contributed by atoms with Gasteiger partial charge in [-0.05, 0) is 43.2 Å². The number of nitrogens with zero attached hydrogens (tertiary/aromatic N) is 3. The van der Waals surface area contributed by atoms with Crippen LogP contribution >= 0.6 is 23.1 Å². The van der Waals surface area contributed by atoms with Gasteiger partial charge in [-0.2, -0.15) is 0 Å². The van der Waals surface area contributed by atoms with E-state index in [9.17, 15) is 14.4 Å². The first-order valence-electron chi connectivity index (χ1n) is 11.6. The first kappa shape index (κ1) is 26.4. The number of likely N-dealkylation sites (tertiary alicyclic amines) is 1. The van der Waals surface area contributed by atoms with Gasteiger partial charge in [-0.3, -0.25) is 14.4 Å². The quantitative estimate of drug-likeness (QED) is 0.309. The molecule has 9 nitrogen and oxygen atoms in total. The minimum atomic E-state index is -0.603. The van der Waals surface area contributed by atoms with Crippen LogP contribution in [-0.2, 0) is 0 Å². The molecule has 0 saturated carbocycles. The van der Waals surface area contributed by atoms with Crippen molar-refractivity contribution in [3.8, 4) is 5.75 Å². The summed E-state index contributed by atoms with van der Waals surface area (Å²) in [5.74, 6) is 0.218. The second kappa shape index (κ2) is 12.0. The molecule has 3 amide bonds. The molecule has 1 fully saturated rings. The summed E-state index contributed by atoms with van der Waals surface area (Å²) < 4.78 is 5.28. The number of pyridine rings is 1. The van der Waals surface area contributed by atoms with Crippen LogP contribution in [0.2, 0.25) is 0 Å². The molecule has 37 heavy (non-hydrogen) atoms. The first-order chi connectivity index (χ1) is 17.9. The van der Waals surface area contributed by atoms with Crippen molar-refractivity contribution in [1.82, 2.24) is 14.9 Å². The number of carbonyl (C=O) groups excluding carboxylic acids is 3. The number of methoxy groups -OCH3 is 1. The Morgan fingerprint density at radius 3 is 2.78 bits per heavy atom. The number of aromatic nitrogens is 2. The van der Waals surface area contributed by atoms with Crippen molar-refractivity contribution in [2.24, 2.45) is 5.73 Å². The minimum Gasteiger partial charge on any atom is -0.495 e. The van der Waals surface area contributed by atoms with Gasteiger partial charge in [-0.25, -0.2) is 9.97 Å². The van der Waals surface area contributed by atoms with E-state index in [-0.39, 0.29) is 23.1 Å². The highest BCUT2D eigenvalue weighted by molar-refractivity contribution is 7.99. The Morgan fingerprint density at radius 2 is 2.08 bits per heavy atom. The van der Waals surface area contributed by atoms with E-state index in [4.69, 9.17) is 10.5 Å². The molecule has 0 radical (unpaired) electrons. The predicted molar refractivity (Wildman–Crippen MR) is 145 cm³/mol. The van der Waals surface area contributed by atoms with Crippen LogP contribution in [0.5, 0.6) is 5.75 Å². The summed E-state index contributed by atoms with van der Waals surface area (Å²) in [6.45, 7) is 4.93. The van der Waals surface area contributed by atoms with Gasteiger partial charge < -0.3 is 20.7 Å². The molecule has 4 rings (SSSR count). The van der Waals surface area contributed by atoms with Crippen molar-refractivity contribution in [2.75, 3.05) is 31.3 Å². The van der Waals surface area contributed by atoms with Crippen LogP contribution in [-0.4, -0.2) is 58.5 Å². The van der Waals surface area contributed by atoms with Gasteiger partial charge in [0.1, 0.15) is 16.5 Å². The molecule has 0 spiro atoms. The van der Waals surface area contributed by atoms with Crippen LogP contribution < -0.4 is 15.8 Å². The summed E-state index contributed by atoms with van der Waals surface area (Å²) in [5.41, 5.74) is 6.84. The number of primary amides is 1. The van der Waals surface area contributed by atoms with Crippen LogP contribution in [0, 0.1) is 0 Å². The largest absolute Gasteiger partial charge is 0.495 e. The number of amides is 3. The lowest BCUT2D eigenvalue weighted by atomic mass is 9.97. The van der Waals surface area contributed by atoms with Gasteiger partial charge in [-0.15, -0.1) is 29.7 Å². The summed E-state index contributed by atoms with van der Waals surface area (Å²) in [6, 6.07) is 8.17. The number of thioether (sulfide) groups is 1. The smallest absolute Gasteiger partial charge is 0.275 e. The molecular formula is C26H27N5O4S2. The Hall–Kier alpha value is -3.70. The predicted octanol–water partition coefficient (Wildman–Crippen LogP) is 4.20. The van der Waals surface area contributed by atoms with Crippen LogP contribution in [0.4, 0.5) is 5.69 Å². The molecule has 3 N–H and O–H groups in total. The number of anilines is 1. The van der Waals surface area contributed by atoms with E-state index >= 15 is 0 Å². The van der Waals surface area contributed by atoms with Crippen molar-refractivity contribution in [2.45, 2.75) is 23.8 Å². The highest BCUT2D eigenvalue weighted by Gasteiger charge is 2.28. The molecule has 1 aliphatic heterocycles. The second-order valence-corrected chi connectivity index (χ2v) is 10.2. The van der Waals surface area contributed by atoms with Gasteiger partial charge in [0.25, 0.3) is 11.8 Å². The van der Waals surface area contributed by atoms with Gasteiger partial charge >= 0.3 is 0 Å². The van der Waals surface area contributed by atoms with E-state index in [0.29, 0.717) is 40.9 Å². The number of hydrogen-bond donors (Lipinski definition) is 2. The third-order valence-electron chi connectivity index (χ3n) is 5.96. The molecule has 3 aromatic rings. The number of nitrogens with two attached hydrogens (primary N) is 1. The van der Waals surface area contributed by atoms with Crippen molar-refractivity contribution >= 4 is 46.5 Å². The van der Waals surface area contributed by atoms with Gasteiger partial charge in [0.05, 0.1) is 23.4 Å². The lowest BCUT2D eigenvalue weighted by Gasteiger charge is -2.31. The fraction of sp³-hybridized carbons (Fsp3) is 0.269. The zero-order valence-electron chi connectivity index (χ0n) is 20.3. The van der Waals surface area contributed by atoms with Gasteiger partial charge in [0, 0.05) is 41.9 Å². The Bertz CT molecular complexity index is 1320. The lowest BCUT2D eigenvalue weighted by molar-refractivity contribution is 0.0708. The van der Waals surface area contributed by atoms with E-state index in [1.54, 1.807) is 29.8 Å². The fourth-order valence-corrected chi connectivity index (χ4v) is 5.72. The molecule has 1 aromatic carbocycles. The van der Waals surface area contributed by atoms with E-state index < -0.39 is 11.8 Å². The number of benzene rings is 1. The maximum atomic E-state index is 13.2. The molecule has 0 unspecified atom stereocenters. The Kier molecular flexibility index (Phi) is 8.57. The highest BCUT2D eigenvalue weighted by Crippen LogP contribution is 2.32. The third-order valence-corrected chi connectivity index (χ3v) is 7.97. The zero-order valence-corrected chi connectivity index (χ0v) is 21.9. The second-order valence-electron chi connectivity index (χ2n) is 8.33. The number of carbonyl (C=O) groups is 3. The van der Waals surface area contributed by atoms with E-state index in [2.05, 4.69) is 21.9 Å². The van der Waals surface area contributed by atoms with Crippen LogP contribution in [0.1, 0.15) is 55.0 Å². The van der Waals surface area contributed by atoms with Gasteiger partial charge in [-0.1, -0.05) is 6.08 Å². The topological polar surface area (TPSA) is 128 Å². The molecule has 0 atom stereocenters. The number of ether oxygens (including phenoxy) is 1. The molecule has 0 bridgehead atoms. The Morgan fingerprint density at radius 1 is 1.30 bits per heavy atom. The molecule has 2 aromatic heterocycles. The molecular weight excluding hydrogens is 510 g/mol. The Labute approximate surface area is 223 Å². The van der Waals surface area contributed by atoms with Crippen LogP contribution in [0.3, 0.4) is 0 Å². The molecule has 1 saturated heterocycles. The van der Waals surface area contributed by atoms with Gasteiger partial charge in [0.2, 0.25) is 5.91 Å². The van der Waals surface area contributed by atoms with Crippen molar-refractivity contribution in [1.29, 1.82) is 0 Å². The minimum absolute atomic E-state index is 0.0237.